The zero-order chi connectivity index (χ0) is 16.2. The molecule has 1 saturated heterocycles. The molecule has 0 saturated carbocycles. The maximum absolute atomic E-state index is 13.6. The highest BCUT2D eigenvalue weighted by molar-refractivity contribution is 5.96. The predicted molar refractivity (Wildman–Crippen MR) is 84.8 cm³/mol. The van der Waals surface area contributed by atoms with Crippen molar-refractivity contribution in [1.29, 1.82) is 0 Å². The minimum absolute atomic E-state index is 0.115. The standard InChI is InChI=1S/C17H21FN2O3/c18-14-4-1-3-12-11-15(23-16(12)14)17(22)19-7-2-8-20-9-5-13(21)6-10-20/h1,3-4,11,13,21H,2,5-10H2,(H,19,22). The van der Waals surface area contributed by atoms with Crippen LogP contribution < -0.4 is 5.32 Å². The Morgan fingerprint density at radius 1 is 1.39 bits per heavy atom. The summed E-state index contributed by atoms with van der Waals surface area (Å²) in [4.78, 5) is 14.3. The molecule has 2 N–H and O–H groups in total. The van der Waals surface area contributed by atoms with E-state index in [-0.39, 0.29) is 23.4 Å². The number of fused-ring (bicyclic) bond motifs is 1. The fourth-order valence-corrected chi connectivity index (χ4v) is 2.87. The quantitative estimate of drug-likeness (QED) is 0.829. The number of carbonyl (C=O) groups is 1. The predicted octanol–water partition coefficient (Wildman–Crippen LogP) is 2.15. The molecule has 1 aliphatic heterocycles. The van der Waals surface area contributed by atoms with Gasteiger partial charge in [0.05, 0.1) is 6.10 Å². The number of likely N-dealkylation sites (tertiary alicyclic amines) is 1. The lowest BCUT2D eigenvalue weighted by atomic mass is 10.1. The number of amides is 1. The largest absolute Gasteiger partial charge is 0.448 e. The van der Waals surface area contributed by atoms with E-state index in [1.165, 1.54) is 6.07 Å². The molecule has 3 rings (SSSR count). The number of hydrogen-bond donors (Lipinski definition) is 2. The smallest absolute Gasteiger partial charge is 0.287 e. The highest BCUT2D eigenvalue weighted by Gasteiger charge is 2.17. The molecule has 1 aromatic carbocycles. The first-order chi connectivity index (χ1) is 11.1. The summed E-state index contributed by atoms with van der Waals surface area (Å²) in [5.41, 5.74) is 0.115. The van der Waals surface area contributed by atoms with Crippen molar-refractivity contribution in [3.05, 3.63) is 35.8 Å². The van der Waals surface area contributed by atoms with Gasteiger partial charge in [0.25, 0.3) is 5.91 Å². The Balaban J connectivity index is 1.46. The first-order valence-electron chi connectivity index (χ1n) is 8.00. The van der Waals surface area contributed by atoms with Gasteiger partial charge in [0.1, 0.15) is 0 Å². The van der Waals surface area contributed by atoms with E-state index in [1.807, 2.05) is 0 Å². The SMILES string of the molecule is O=C(NCCCN1CCC(O)CC1)c1cc2cccc(F)c2o1. The number of halogens is 1. The van der Waals surface area contributed by atoms with Gasteiger partial charge in [-0.3, -0.25) is 4.79 Å². The van der Waals surface area contributed by atoms with Crippen molar-refractivity contribution in [3.63, 3.8) is 0 Å². The first-order valence-corrected chi connectivity index (χ1v) is 8.00. The fraction of sp³-hybridized carbons (Fsp3) is 0.471. The molecule has 124 valence electrons. The van der Waals surface area contributed by atoms with Crippen LogP contribution in [0.5, 0.6) is 0 Å². The molecular formula is C17H21FN2O3. The van der Waals surface area contributed by atoms with Crippen LogP contribution in [0.1, 0.15) is 29.8 Å². The number of benzene rings is 1. The molecular weight excluding hydrogens is 299 g/mol. The van der Waals surface area contributed by atoms with Gasteiger partial charge in [-0.15, -0.1) is 0 Å². The van der Waals surface area contributed by atoms with Crippen LogP contribution in [-0.2, 0) is 0 Å². The average Bonchev–Trinajstić information content (AvgIpc) is 2.99. The number of carbonyl (C=O) groups excluding carboxylic acids is 1. The number of aliphatic hydroxyl groups is 1. The van der Waals surface area contributed by atoms with Crippen LogP contribution in [-0.4, -0.2) is 48.2 Å². The molecule has 0 unspecified atom stereocenters. The van der Waals surface area contributed by atoms with E-state index in [4.69, 9.17) is 4.42 Å². The lowest BCUT2D eigenvalue weighted by Crippen LogP contribution is -2.37. The van der Waals surface area contributed by atoms with E-state index in [1.54, 1.807) is 18.2 Å². The molecule has 0 spiro atoms. The van der Waals surface area contributed by atoms with E-state index in [9.17, 15) is 14.3 Å². The van der Waals surface area contributed by atoms with E-state index in [0.717, 1.165) is 38.9 Å². The second-order valence-corrected chi connectivity index (χ2v) is 5.95. The Hall–Kier alpha value is -1.92. The van der Waals surface area contributed by atoms with Crippen molar-refractivity contribution in [2.24, 2.45) is 0 Å². The normalized spacial score (nSPS) is 16.8. The zero-order valence-electron chi connectivity index (χ0n) is 12.9. The summed E-state index contributed by atoms with van der Waals surface area (Å²) >= 11 is 0. The molecule has 2 aromatic rings. The van der Waals surface area contributed by atoms with Crippen LogP contribution in [0.25, 0.3) is 11.0 Å². The van der Waals surface area contributed by atoms with Crippen LogP contribution >= 0.6 is 0 Å². The highest BCUT2D eigenvalue weighted by atomic mass is 19.1. The molecule has 1 amide bonds. The van der Waals surface area contributed by atoms with E-state index < -0.39 is 5.82 Å². The number of nitrogens with one attached hydrogen (secondary N) is 1. The van der Waals surface area contributed by atoms with Gasteiger partial charge >= 0.3 is 0 Å². The molecule has 23 heavy (non-hydrogen) atoms. The molecule has 6 heteroatoms. The number of rotatable bonds is 5. The van der Waals surface area contributed by atoms with Gasteiger partial charge in [-0.05, 0) is 37.9 Å². The van der Waals surface area contributed by atoms with Gasteiger partial charge in [-0.25, -0.2) is 4.39 Å². The van der Waals surface area contributed by atoms with E-state index >= 15 is 0 Å². The lowest BCUT2D eigenvalue weighted by molar-refractivity contribution is 0.0814. The molecule has 2 heterocycles. The van der Waals surface area contributed by atoms with Crippen LogP contribution in [0.3, 0.4) is 0 Å². The Morgan fingerprint density at radius 3 is 2.91 bits per heavy atom. The minimum atomic E-state index is -0.464. The van der Waals surface area contributed by atoms with Crippen LogP contribution in [0, 0.1) is 5.82 Å². The molecule has 0 radical (unpaired) electrons. The summed E-state index contributed by atoms with van der Waals surface area (Å²) < 4.78 is 18.8. The number of para-hydroxylation sites is 1. The number of hydrogen-bond acceptors (Lipinski definition) is 4. The summed E-state index contributed by atoms with van der Waals surface area (Å²) in [6.07, 6.45) is 2.30. The van der Waals surface area contributed by atoms with Crippen LogP contribution in [0.4, 0.5) is 4.39 Å². The highest BCUT2D eigenvalue weighted by Crippen LogP contribution is 2.21. The molecule has 1 fully saturated rings. The lowest BCUT2D eigenvalue weighted by Gasteiger charge is -2.29. The summed E-state index contributed by atoms with van der Waals surface area (Å²) in [5, 5.41) is 12.8. The Bertz CT molecular complexity index is 678. The van der Waals surface area contributed by atoms with Crippen molar-refractivity contribution < 1.29 is 18.7 Å². The fourth-order valence-electron chi connectivity index (χ4n) is 2.87. The van der Waals surface area contributed by atoms with Crippen LogP contribution in [0.2, 0.25) is 0 Å². The summed E-state index contributed by atoms with van der Waals surface area (Å²) in [6.45, 7) is 3.23. The van der Waals surface area contributed by atoms with Crippen molar-refractivity contribution in [2.75, 3.05) is 26.2 Å². The van der Waals surface area contributed by atoms with Crippen molar-refractivity contribution in [1.82, 2.24) is 10.2 Å². The molecule has 5 nitrogen and oxygen atoms in total. The summed E-state index contributed by atoms with van der Waals surface area (Å²) in [5.74, 6) is -0.658. The summed E-state index contributed by atoms with van der Waals surface area (Å²) in [6, 6.07) is 6.16. The Morgan fingerprint density at radius 2 is 2.17 bits per heavy atom. The number of piperidine rings is 1. The number of aliphatic hydroxyl groups excluding tert-OH is 1. The Kier molecular flexibility index (Phi) is 4.93. The third kappa shape index (κ3) is 3.89. The van der Waals surface area contributed by atoms with Gasteiger partial charge < -0.3 is 19.7 Å². The second-order valence-electron chi connectivity index (χ2n) is 5.95. The monoisotopic (exact) mass is 320 g/mol. The third-order valence-electron chi connectivity index (χ3n) is 4.21. The molecule has 1 aromatic heterocycles. The van der Waals surface area contributed by atoms with E-state index in [2.05, 4.69) is 10.2 Å². The second kappa shape index (κ2) is 7.10. The first kappa shape index (κ1) is 16.0. The van der Waals surface area contributed by atoms with Crippen molar-refractivity contribution >= 4 is 16.9 Å². The van der Waals surface area contributed by atoms with Gasteiger partial charge in [-0.1, -0.05) is 12.1 Å². The topological polar surface area (TPSA) is 65.7 Å². The number of furan rings is 1. The zero-order valence-corrected chi connectivity index (χ0v) is 12.9. The van der Waals surface area contributed by atoms with Gasteiger partial charge in [0.15, 0.2) is 17.2 Å². The van der Waals surface area contributed by atoms with Gasteiger partial charge in [0.2, 0.25) is 0 Å². The third-order valence-corrected chi connectivity index (χ3v) is 4.21. The molecule has 0 bridgehead atoms. The maximum atomic E-state index is 13.6. The minimum Gasteiger partial charge on any atom is -0.448 e. The van der Waals surface area contributed by atoms with Gasteiger partial charge in [0, 0.05) is 25.0 Å². The van der Waals surface area contributed by atoms with Gasteiger partial charge in [-0.2, -0.15) is 0 Å². The van der Waals surface area contributed by atoms with Crippen LogP contribution in [0.15, 0.2) is 28.7 Å². The molecule has 0 aliphatic carbocycles. The van der Waals surface area contributed by atoms with Crippen molar-refractivity contribution in [3.8, 4) is 0 Å². The van der Waals surface area contributed by atoms with E-state index in [0.29, 0.717) is 11.9 Å². The maximum Gasteiger partial charge on any atom is 0.287 e. The summed E-state index contributed by atoms with van der Waals surface area (Å²) in [7, 11) is 0. The Labute approximate surface area is 134 Å². The number of nitrogens with zero attached hydrogens (tertiary/aromatic N) is 1. The molecule has 1 aliphatic rings. The average molecular weight is 320 g/mol. The molecule has 0 atom stereocenters. The van der Waals surface area contributed by atoms with Crippen molar-refractivity contribution in [2.45, 2.75) is 25.4 Å².